The molecule has 1 aromatic carbocycles. The Morgan fingerprint density at radius 2 is 2.17 bits per heavy atom. The summed E-state index contributed by atoms with van der Waals surface area (Å²) in [5.74, 6) is -1.09. The van der Waals surface area contributed by atoms with Crippen molar-refractivity contribution < 1.29 is 19.0 Å². The monoisotopic (exact) mass is 326 g/mol. The molecule has 4 rings (SSSR count). The van der Waals surface area contributed by atoms with E-state index in [9.17, 15) is 4.79 Å². The van der Waals surface area contributed by atoms with Gasteiger partial charge in [-0.2, -0.15) is 0 Å². The Labute approximate surface area is 139 Å². The number of ether oxygens (including phenoxy) is 3. The van der Waals surface area contributed by atoms with Gasteiger partial charge in [-0.25, -0.2) is 9.78 Å². The van der Waals surface area contributed by atoms with E-state index in [1.54, 1.807) is 6.20 Å². The van der Waals surface area contributed by atoms with Gasteiger partial charge in [0.1, 0.15) is 18.4 Å². The third-order valence-corrected chi connectivity index (χ3v) is 4.02. The van der Waals surface area contributed by atoms with Gasteiger partial charge in [0.2, 0.25) is 0 Å². The average Bonchev–Trinajstić information content (AvgIpc) is 3.15. The molecule has 1 aliphatic heterocycles. The number of esters is 1. The summed E-state index contributed by atoms with van der Waals surface area (Å²) in [6.45, 7) is 4.23. The largest absolute Gasteiger partial charge is 0.458 e. The summed E-state index contributed by atoms with van der Waals surface area (Å²) in [7, 11) is 0. The molecule has 1 unspecified atom stereocenters. The Morgan fingerprint density at radius 3 is 2.96 bits per heavy atom. The molecular formula is C18H18N2O4. The van der Waals surface area contributed by atoms with Crippen molar-refractivity contribution in [1.29, 1.82) is 0 Å². The zero-order valence-electron chi connectivity index (χ0n) is 13.6. The van der Waals surface area contributed by atoms with Crippen molar-refractivity contribution in [2.45, 2.75) is 25.7 Å². The Balaban J connectivity index is 1.53. The highest BCUT2D eigenvalue weighted by Crippen LogP contribution is 2.23. The van der Waals surface area contributed by atoms with Crippen molar-refractivity contribution in [3.8, 4) is 0 Å². The number of para-hydroxylation sites is 1. The molecule has 6 nitrogen and oxygen atoms in total. The molecule has 0 aliphatic carbocycles. The van der Waals surface area contributed by atoms with E-state index in [0.717, 1.165) is 10.9 Å². The quantitative estimate of drug-likeness (QED) is 0.693. The lowest BCUT2D eigenvalue weighted by Gasteiger charge is -2.16. The molecule has 124 valence electrons. The van der Waals surface area contributed by atoms with Gasteiger partial charge in [0.15, 0.2) is 11.5 Å². The summed E-state index contributed by atoms with van der Waals surface area (Å²) >= 11 is 0. The van der Waals surface area contributed by atoms with E-state index >= 15 is 0 Å². The van der Waals surface area contributed by atoms with Crippen LogP contribution in [0.3, 0.4) is 0 Å². The smallest absolute Gasteiger partial charge is 0.358 e. The van der Waals surface area contributed by atoms with Crippen LogP contribution in [0, 0.1) is 0 Å². The summed E-state index contributed by atoms with van der Waals surface area (Å²) < 4.78 is 18.3. The molecule has 1 aliphatic rings. The van der Waals surface area contributed by atoms with Crippen LogP contribution >= 0.6 is 0 Å². The number of fused-ring (bicyclic) bond motifs is 3. The maximum Gasteiger partial charge on any atom is 0.358 e. The fourth-order valence-corrected chi connectivity index (χ4v) is 2.90. The Bertz CT molecular complexity index is 916. The molecule has 6 heteroatoms. The minimum absolute atomic E-state index is 0.150. The van der Waals surface area contributed by atoms with E-state index in [1.165, 1.54) is 0 Å². The molecule has 2 aromatic heterocycles. The molecule has 0 saturated carbocycles. The van der Waals surface area contributed by atoms with Crippen LogP contribution in [0.5, 0.6) is 0 Å². The zero-order chi connectivity index (χ0) is 16.7. The topological polar surface area (TPSA) is 62.1 Å². The number of carbonyl (C=O) groups excluding carboxylic acids is 1. The second-order valence-corrected chi connectivity index (χ2v) is 6.30. The molecule has 0 amide bonds. The Kier molecular flexibility index (Phi) is 3.51. The summed E-state index contributed by atoms with van der Waals surface area (Å²) in [6.07, 6.45) is 1.46. The van der Waals surface area contributed by atoms with Gasteiger partial charge in [-0.3, -0.25) is 4.40 Å². The number of aromatic nitrogens is 2. The van der Waals surface area contributed by atoms with Crippen LogP contribution in [0.15, 0.2) is 42.6 Å². The van der Waals surface area contributed by atoms with Gasteiger partial charge in [0, 0.05) is 6.20 Å². The fourth-order valence-electron chi connectivity index (χ4n) is 2.90. The van der Waals surface area contributed by atoms with E-state index in [1.807, 2.05) is 54.6 Å². The molecule has 1 saturated heterocycles. The highest BCUT2D eigenvalue weighted by Gasteiger charge is 2.33. The van der Waals surface area contributed by atoms with Crippen molar-refractivity contribution >= 4 is 22.5 Å². The maximum absolute atomic E-state index is 12.3. The number of hydrogen-bond acceptors (Lipinski definition) is 5. The van der Waals surface area contributed by atoms with E-state index in [-0.39, 0.29) is 18.4 Å². The van der Waals surface area contributed by atoms with Crippen LogP contribution in [-0.2, 0) is 14.2 Å². The molecule has 3 aromatic rings. The van der Waals surface area contributed by atoms with Crippen molar-refractivity contribution in [2.24, 2.45) is 0 Å². The standard InChI is InChI=1S/C18H18N2O4/c1-18(2)23-11-13(24-18)10-22-17(21)14-9-20-15-6-4-3-5-12(15)7-8-16(20)19-14/h3-9,13H,10-11H2,1-2H3. The van der Waals surface area contributed by atoms with Gasteiger partial charge in [0.25, 0.3) is 0 Å². The molecule has 24 heavy (non-hydrogen) atoms. The van der Waals surface area contributed by atoms with Crippen molar-refractivity contribution in [2.75, 3.05) is 13.2 Å². The summed E-state index contributed by atoms with van der Waals surface area (Å²) in [5.41, 5.74) is 1.99. The maximum atomic E-state index is 12.3. The number of benzene rings is 1. The SMILES string of the molecule is CC1(C)OCC(COC(=O)c2cn3c(ccc4ccccc43)n2)O1. The summed E-state index contributed by atoms with van der Waals surface area (Å²) in [4.78, 5) is 16.6. The molecule has 0 radical (unpaired) electrons. The van der Waals surface area contributed by atoms with E-state index in [0.29, 0.717) is 12.3 Å². The van der Waals surface area contributed by atoms with Gasteiger partial charge in [-0.05, 0) is 37.4 Å². The van der Waals surface area contributed by atoms with Crippen LogP contribution < -0.4 is 0 Å². The lowest BCUT2D eigenvalue weighted by atomic mass is 10.2. The summed E-state index contributed by atoms with van der Waals surface area (Å²) in [5, 5.41) is 1.08. The van der Waals surface area contributed by atoms with E-state index in [4.69, 9.17) is 14.2 Å². The molecular weight excluding hydrogens is 308 g/mol. The predicted molar refractivity (Wildman–Crippen MR) is 87.9 cm³/mol. The first-order valence-electron chi connectivity index (χ1n) is 7.88. The fraction of sp³-hybridized carbons (Fsp3) is 0.333. The van der Waals surface area contributed by atoms with E-state index < -0.39 is 11.8 Å². The highest BCUT2D eigenvalue weighted by molar-refractivity contribution is 5.89. The van der Waals surface area contributed by atoms with Gasteiger partial charge in [-0.15, -0.1) is 0 Å². The molecule has 0 spiro atoms. The van der Waals surface area contributed by atoms with Crippen molar-refractivity contribution in [3.63, 3.8) is 0 Å². The second-order valence-electron chi connectivity index (χ2n) is 6.30. The van der Waals surface area contributed by atoms with Crippen molar-refractivity contribution in [1.82, 2.24) is 9.38 Å². The average molecular weight is 326 g/mol. The highest BCUT2D eigenvalue weighted by atomic mass is 16.7. The van der Waals surface area contributed by atoms with Crippen LogP contribution in [0.4, 0.5) is 0 Å². The third kappa shape index (κ3) is 2.74. The Morgan fingerprint density at radius 1 is 1.33 bits per heavy atom. The molecule has 1 fully saturated rings. The molecule has 0 N–H and O–H groups in total. The van der Waals surface area contributed by atoms with Crippen LogP contribution in [0.2, 0.25) is 0 Å². The first-order chi connectivity index (χ1) is 11.5. The first kappa shape index (κ1) is 15.1. The minimum atomic E-state index is -0.626. The lowest BCUT2D eigenvalue weighted by Crippen LogP contribution is -2.25. The predicted octanol–water partition coefficient (Wildman–Crippen LogP) is 2.80. The van der Waals surface area contributed by atoms with Crippen molar-refractivity contribution in [3.05, 3.63) is 48.3 Å². The van der Waals surface area contributed by atoms with Crippen LogP contribution in [0.25, 0.3) is 16.6 Å². The number of hydrogen-bond donors (Lipinski definition) is 0. The van der Waals surface area contributed by atoms with Crippen LogP contribution in [-0.4, -0.2) is 40.5 Å². The van der Waals surface area contributed by atoms with Gasteiger partial charge < -0.3 is 14.2 Å². The number of rotatable bonds is 3. The number of imidazole rings is 1. The Hall–Kier alpha value is -2.44. The number of carbonyl (C=O) groups is 1. The number of pyridine rings is 1. The molecule has 0 bridgehead atoms. The van der Waals surface area contributed by atoms with Gasteiger partial charge in [-0.1, -0.05) is 18.2 Å². The molecule has 3 heterocycles. The minimum Gasteiger partial charge on any atom is -0.458 e. The summed E-state index contributed by atoms with van der Waals surface area (Å²) in [6, 6.07) is 11.8. The normalized spacial score (nSPS) is 19.8. The first-order valence-corrected chi connectivity index (χ1v) is 7.88. The van der Waals surface area contributed by atoms with Gasteiger partial charge in [0.05, 0.1) is 12.1 Å². The van der Waals surface area contributed by atoms with Crippen LogP contribution in [0.1, 0.15) is 24.3 Å². The van der Waals surface area contributed by atoms with Gasteiger partial charge >= 0.3 is 5.97 Å². The second kappa shape index (κ2) is 5.58. The number of nitrogens with zero attached hydrogens (tertiary/aromatic N) is 2. The third-order valence-electron chi connectivity index (χ3n) is 4.02. The zero-order valence-corrected chi connectivity index (χ0v) is 13.6. The van der Waals surface area contributed by atoms with E-state index in [2.05, 4.69) is 4.98 Å². The molecule has 1 atom stereocenters. The lowest BCUT2D eigenvalue weighted by molar-refractivity contribution is -0.142.